The molecular formula is C37H34Cl2N6O2. The van der Waals surface area contributed by atoms with Crippen LogP contribution in [0.3, 0.4) is 0 Å². The van der Waals surface area contributed by atoms with Crippen molar-refractivity contribution in [3.63, 3.8) is 0 Å². The molecular weight excluding hydrogens is 631 g/mol. The summed E-state index contributed by atoms with van der Waals surface area (Å²) in [6.07, 6.45) is 5.71. The SMILES string of the molecule is C[C@@H](c1ccc(Cl)cc1)n1cnc(-c2ccccc2)c1-c1c(C(=O)Nc2cccnc2OCC2CCCNC2)[nH]c2cc(Cl)ccc12. The van der Waals surface area contributed by atoms with Crippen LogP contribution in [0.2, 0.25) is 10.0 Å². The van der Waals surface area contributed by atoms with Gasteiger partial charge < -0.3 is 24.9 Å². The zero-order valence-corrected chi connectivity index (χ0v) is 27.4. The van der Waals surface area contributed by atoms with Crippen molar-refractivity contribution in [2.75, 3.05) is 25.0 Å². The molecule has 2 atom stereocenters. The molecule has 8 nitrogen and oxygen atoms in total. The maximum Gasteiger partial charge on any atom is 0.272 e. The Balaban J connectivity index is 1.34. The van der Waals surface area contributed by atoms with Crippen molar-refractivity contribution in [3.8, 4) is 28.4 Å². The molecule has 10 heteroatoms. The third-order valence-corrected chi connectivity index (χ3v) is 9.20. The second-order valence-electron chi connectivity index (χ2n) is 11.8. The molecule has 1 amide bonds. The summed E-state index contributed by atoms with van der Waals surface area (Å²) in [7, 11) is 0. The summed E-state index contributed by atoms with van der Waals surface area (Å²) in [5.74, 6) is 0.438. The minimum atomic E-state index is -0.338. The number of halogens is 2. The lowest BCUT2D eigenvalue weighted by molar-refractivity contribution is 0.102. The number of nitrogens with one attached hydrogen (secondary N) is 3. The van der Waals surface area contributed by atoms with Crippen LogP contribution in [0.1, 0.15) is 41.9 Å². The molecule has 0 radical (unpaired) electrons. The molecule has 0 bridgehead atoms. The molecule has 0 aliphatic carbocycles. The number of pyridine rings is 1. The lowest BCUT2D eigenvalue weighted by Gasteiger charge is -2.23. The summed E-state index contributed by atoms with van der Waals surface area (Å²) < 4.78 is 8.27. The van der Waals surface area contributed by atoms with Crippen LogP contribution >= 0.6 is 23.2 Å². The van der Waals surface area contributed by atoms with Crippen LogP contribution in [0.4, 0.5) is 5.69 Å². The van der Waals surface area contributed by atoms with E-state index in [2.05, 4.69) is 32.1 Å². The van der Waals surface area contributed by atoms with Gasteiger partial charge >= 0.3 is 0 Å². The van der Waals surface area contributed by atoms with E-state index in [9.17, 15) is 4.79 Å². The summed E-state index contributed by atoms with van der Waals surface area (Å²) >= 11 is 12.7. The van der Waals surface area contributed by atoms with Crippen LogP contribution in [0.5, 0.6) is 5.88 Å². The van der Waals surface area contributed by atoms with Gasteiger partial charge in [0.1, 0.15) is 11.4 Å². The number of fused-ring (bicyclic) bond motifs is 1. The maximum absolute atomic E-state index is 14.4. The Bertz CT molecular complexity index is 2020. The number of hydrogen-bond acceptors (Lipinski definition) is 5. The Labute approximate surface area is 283 Å². The molecule has 1 fully saturated rings. The van der Waals surface area contributed by atoms with E-state index in [4.69, 9.17) is 32.9 Å². The number of amides is 1. The number of benzene rings is 3. The van der Waals surface area contributed by atoms with E-state index in [-0.39, 0.29) is 11.9 Å². The van der Waals surface area contributed by atoms with Gasteiger partial charge in [0.15, 0.2) is 0 Å². The van der Waals surface area contributed by atoms with Crippen LogP contribution in [0, 0.1) is 5.92 Å². The first-order valence-corrected chi connectivity index (χ1v) is 16.5. The highest BCUT2D eigenvalue weighted by atomic mass is 35.5. The van der Waals surface area contributed by atoms with Crippen molar-refractivity contribution >= 4 is 45.7 Å². The van der Waals surface area contributed by atoms with E-state index in [0.717, 1.165) is 59.3 Å². The second kappa shape index (κ2) is 13.6. The number of anilines is 1. The topological polar surface area (TPSA) is 96.9 Å². The Morgan fingerprint density at radius 1 is 1.02 bits per heavy atom. The fourth-order valence-corrected chi connectivity index (χ4v) is 6.54. The summed E-state index contributed by atoms with van der Waals surface area (Å²) in [6.45, 7) is 4.56. The molecule has 6 aromatic rings. The first-order valence-electron chi connectivity index (χ1n) is 15.8. The number of carbonyl (C=O) groups excluding carboxylic acids is 1. The summed E-state index contributed by atoms with van der Waals surface area (Å²) in [6, 6.07) is 26.8. The largest absolute Gasteiger partial charge is 0.476 e. The minimum Gasteiger partial charge on any atom is -0.476 e. The van der Waals surface area contributed by atoms with Gasteiger partial charge in [0.05, 0.1) is 30.4 Å². The number of imidazole rings is 1. The monoisotopic (exact) mass is 664 g/mol. The Morgan fingerprint density at radius 2 is 1.83 bits per heavy atom. The number of rotatable bonds is 9. The van der Waals surface area contributed by atoms with E-state index < -0.39 is 0 Å². The Morgan fingerprint density at radius 3 is 2.62 bits per heavy atom. The van der Waals surface area contributed by atoms with Gasteiger partial charge in [0.25, 0.3) is 5.91 Å². The summed E-state index contributed by atoms with van der Waals surface area (Å²) in [4.78, 5) is 27.1. The molecule has 1 aliphatic heterocycles. The van der Waals surface area contributed by atoms with E-state index in [1.807, 2.05) is 79.1 Å². The molecule has 0 saturated carbocycles. The number of aromatic nitrogens is 4. The highest BCUT2D eigenvalue weighted by Gasteiger charge is 2.28. The lowest BCUT2D eigenvalue weighted by Crippen LogP contribution is -2.33. The fourth-order valence-electron chi connectivity index (χ4n) is 6.25. The number of carbonyl (C=O) groups is 1. The highest BCUT2D eigenvalue weighted by molar-refractivity contribution is 6.31. The lowest BCUT2D eigenvalue weighted by atomic mass is 9.99. The average Bonchev–Trinajstić information content (AvgIpc) is 3.70. The Kier molecular flexibility index (Phi) is 8.98. The number of piperidine rings is 1. The van der Waals surface area contributed by atoms with E-state index in [1.165, 1.54) is 0 Å². The van der Waals surface area contributed by atoms with Gasteiger partial charge in [-0.05, 0) is 68.3 Å². The molecule has 7 rings (SSSR count). The molecule has 4 heterocycles. The zero-order chi connectivity index (χ0) is 32.3. The smallest absolute Gasteiger partial charge is 0.272 e. The van der Waals surface area contributed by atoms with Crippen molar-refractivity contribution in [1.82, 2.24) is 24.8 Å². The number of hydrogen-bond donors (Lipinski definition) is 3. The van der Waals surface area contributed by atoms with Crippen LogP contribution in [-0.4, -0.2) is 45.1 Å². The second-order valence-corrected chi connectivity index (χ2v) is 12.7. The van der Waals surface area contributed by atoms with Crippen LogP contribution in [0.25, 0.3) is 33.4 Å². The normalized spacial score (nSPS) is 15.4. The Hall–Kier alpha value is -4.63. The van der Waals surface area contributed by atoms with Crippen LogP contribution < -0.4 is 15.4 Å². The fraction of sp³-hybridized carbons (Fsp3) is 0.216. The van der Waals surface area contributed by atoms with Gasteiger partial charge in [-0.15, -0.1) is 0 Å². The zero-order valence-electron chi connectivity index (χ0n) is 25.8. The standard InChI is InChI=1S/C37H34Cl2N6O2/c1-23(25-11-13-27(38)14-12-25)45-22-42-33(26-8-3-2-4-9-26)35(45)32-29-16-15-28(39)19-31(29)43-34(32)36(46)44-30-10-6-18-41-37(30)47-21-24-7-5-17-40-20-24/h2-4,6,8-16,18-19,22-24,40,43H,5,7,17,20-21H2,1H3,(H,44,46)/t23-,24?/m0/s1. The van der Waals surface area contributed by atoms with Crippen molar-refractivity contribution in [2.24, 2.45) is 5.92 Å². The minimum absolute atomic E-state index is 0.131. The first-order chi connectivity index (χ1) is 23.0. The van der Waals surface area contributed by atoms with Gasteiger partial charge in [0.2, 0.25) is 5.88 Å². The summed E-state index contributed by atoms with van der Waals surface area (Å²) in [5.41, 5.74) is 5.84. The van der Waals surface area contributed by atoms with Crippen LogP contribution in [-0.2, 0) is 0 Å². The van der Waals surface area contributed by atoms with Crippen molar-refractivity contribution in [3.05, 3.63) is 119 Å². The maximum atomic E-state index is 14.4. The van der Waals surface area contributed by atoms with Gasteiger partial charge in [-0.25, -0.2) is 9.97 Å². The first kappa shape index (κ1) is 31.0. The summed E-state index contributed by atoms with van der Waals surface area (Å²) in [5, 5.41) is 8.57. The predicted octanol–water partition coefficient (Wildman–Crippen LogP) is 8.64. The molecule has 1 aliphatic rings. The molecule has 1 saturated heterocycles. The van der Waals surface area contributed by atoms with Crippen molar-refractivity contribution < 1.29 is 9.53 Å². The molecule has 3 aromatic heterocycles. The number of nitrogens with zero attached hydrogens (tertiary/aromatic N) is 3. The van der Waals surface area contributed by atoms with Crippen molar-refractivity contribution in [2.45, 2.75) is 25.8 Å². The van der Waals surface area contributed by atoms with Crippen molar-refractivity contribution in [1.29, 1.82) is 0 Å². The molecule has 0 spiro atoms. The molecule has 3 N–H and O–H groups in total. The quantitative estimate of drug-likeness (QED) is 0.144. The third kappa shape index (κ3) is 6.49. The molecule has 47 heavy (non-hydrogen) atoms. The van der Waals surface area contributed by atoms with Gasteiger partial charge in [-0.2, -0.15) is 0 Å². The third-order valence-electron chi connectivity index (χ3n) is 8.71. The van der Waals surface area contributed by atoms with Gasteiger partial charge in [0, 0.05) is 50.7 Å². The molecule has 238 valence electrons. The molecule has 1 unspecified atom stereocenters. The van der Waals surface area contributed by atoms with E-state index >= 15 is 0 Å². The predicted molar refractivity (Wildman–Crippen MR) is 189 cm³/mol. The molecule has 3 aromatic carbocycles. The average molecular weight is 666 g/mol. The highest BCUT2D eigenvalue weighted by Crippen LogP contribution is 2.41. The van der Waals surface area contributed by atoms with E-state index in [0.29, 0.717) is 45.4 Å². The van der Waals surface area contributed by atoms with Gasteiger partial charge in [-0.3, -0.25) is 4.79 Å². The van der Waals surface area contributed by atoms with Gasteiger partial charge in [-0.1, -0.05) is 71.7 Å². The van der Waals surface area contributed by atoms with Crippen LogP contribution in [0.15, 0.2) is 97.5 Å². The van der Waals surface area contributed by atoms with E-state index in [1.54, 1.807) is 18.3 Å². The number of H-pyrrole nitrogens is 1. The number of aromatic amines is 1. The number of ether oxygens (including phenoxy) is 1.